The fourth-order valence-corrected chi connectivity index (χ4v) is 4.78. The van der Waals surface area contributed by atoms with Gasteiger partial charge in [-0.3, -0.25) is 4.90 Å². The summed E-state index contributed by atoms with van der Waals surface area (Å²) in [4.78, 5) is 19.6. The molecule has 1 aromatic rings. The van der Waals surface area contributed by atoms with E-state index in [0.717, 1.165) is 58.3 Å². The van der Waals surface area contributed by atoms with Gasteiger partial charge in [0, 0.05) is 57.5 Å². The van der Waals surface area contributed by atoms with Crippen molar-refractivity contribution in [3.8, 4) is 0 Å². The molecule has 2 aliphatic heterocycles. The van der Waals surface area contributed by atoms with Crippen LogP contribution >= 0.6 is 0 Å². The van der Waals surface area contributed by atoms with E-state index < -0.39 is 0 Å². The molecule has 0 bridgehead atoms. The molecule has 142 valence electrons. The summed E-state index contributed by atoms with van der Waals surface area (Å²) in [5.41, 5.74) is 1.30. The fraction of sp³-hybridized carbons (Fsp3) is 0.667. The van der Waals surface area contributed by atoms with Crippen LogP contribution < -0.4 is 10.2 Å². The van der Waals surface area contributed by atoms with Gasteiger partial charge in [-0.25, -0.2) is 4.79 Å². The van der Waals surface area contributed by atoms with Gasteiger partial charge >= 0.3 is 6.03 Å². The highest BCUT2D eigenvalue weighted by atomic mass is 16.2. The van der Waals surface area contributed by atoms with Crippen LogP contribution in [0.25, 0.3) is 0 Å². The topological polar surface area (TPSA) is 38.8 Å². The Balaban J connectivity index is 1.18. The second-order valence-electron chi connectivity index (χ2n) is 8.08. The predicted molar refractivity (Wildman–Crippen MR) is 106 cm³/mol. The lowest BCUT2D eigenvalue weighted by molar-refractivity contribution is 0.109. The maximum absolute atomic E-state index is 12.5. The Morgan fingerprint density at radius 3 is 2.42 bits per heavy atom. The van der Waals surface area contributed by atoms with E-state index in [4.69, 9.17) is 0 Å². The Labute approximate surface area is 157 Å². The molecule has 5 nitrogen and oxygen atoms in total. The molecule has 1 saturated carbocycles. The molecule has 0 spiro atoms. The summed E-state index contributed by atoms with van der Waals surface area (Å²) < 4.78 is 0. The predicted octanol–water partition coefficient (Wildman–Crippen LogP) is 2.78. The highest BCUT2D eigenvalue weighted by Gasteiger charge is 2.28. The number of carbonyl (C=O) groups is 1. The van der Waals surface area contributed by atoms with Crippen molar-refractivity contribution in [3.63, 3.8) is 0 Å². The second kappa shape index (κ2) is 8.30. The van der Waals surface area contributed by atoms with Crippen molar-refractivity contribution in [3.05, 3.63) is 30.3 Å². The molecule has 1 N–H and O–H groups in total. The van der Waals surface area contributed by atoms with E-state index in [1.54, 1.807) is 0 Å². The van der Waals surface area contributed by atoms with Crippen LogP contribution in [-0.2, 0) is 0 Å². The molecule has 3 aliphatic rings. The standard InChI is InChI=1S/C21H32N4O/c26-21(24-14-12-23(13-15-24)19-8-4-5-9-19)22-16-18-10-11-25(17-18)20-6-2-1-3-7-20/h1-3,6-7,18-19H,4-5,8-17H2,(H,22,26). The lowest BCUT2D eigenvalue weighted by Gasteiger charge is -2.38. The van der Waals surface area contributed by atoms with Gasteiger partial charge in [-0.1, -0.05) is 31.0 Å². The molecule has 1 aromatic carbocycles. The first-order valence-electron chi connectivity index (χ1n) is 10.4. The van der Waals surface area contributed by atoms with Gasteiger partial charge in [0.25, 0.3) is 0 Å². The largest absolute Gasteiger partial charge is 0.371 e. The molecule has 0 aromatic heterocycles. The third kappa shape index (κ3) is 4.14. The maximum atomic E-state index is 12.5. The number of rotatable bonds is 4. The van der Waals surface area contributed by atoms with Gasteiger partial charge in [0.1, 0.15) is 0 Å². The molecule has 2 saturated heterocycles. The highest BCUT2D eigenvalue weighted by Crippen LogP contribution is 2.25. The lowest BCUT2D eigenvalue weighted by atomic mass is 10.1. The second-order valence-corrected chi connectivity index (χ2v) is 8.08. The van der Waals surface area contributed by atoms with Crippen molar-refractivity contribution in [2.45, 2.75) is 38.1 Å². The summed E-state index contributed by atoms with van der Waals surface area (Å²) in [5, 5.41) is 3.19. The number of hydrogen-bond donors (Lipinski definition) is 1. The maximum Gasteiger partial charge on any atom is 0.317 e. The minimum absolute atomic E-state index is 0.134. The van der Waals surface area contributed by atoms with Crippen LogP contribution in [0.2, 0.25) is 0 Å². The fourth-order valence-electron chi connectivity index (χ4n) is 4.78. The number of hydrogen-bond acceptors (Lipinski definition) is 3. The average Bonchev–Trinajstić information content (AvgIpc) is 3.39. The van der Waals surface area contributed by atoms with Crippen LogP contribution in [0.4, 0.5) is 10.5 Å². The highest BCUT2D eigenvalue weighted by molar-refractivity contribution is 5.74. The van der Waals surface area contributed by atoms with E-state index in [0.29, 0.717) is 5.92 Å². The van der Waals surface area contributed by atoms with Gasteiger partial charge in [-0.2, -0.15) is 0 Å². The van der Waals surface area contributed by atoms with Crippen LogP contribution in [0, 0.1) is 5.92 Å². The number of piperazine rings is 1. The first kappa shape index (κ1) is 17.7. The molecular formula is C21H32N4O. The van der Waals surface area contributed by atoms with Crippen molar-refractivity contribution in [2.24, 2.45) is 5.92 Å². The molecule has 0 radical (unpaired) electrons. The first-order valence-corrected chi connectivity index (χ1v) is 10.4. The zero-order valence-electron chi connectivity index (χ0n) is 15.8. The Kier molecular flexibility index (Phi) is 5.63. The molecule has 1 aliphatic carbocycles. The van der Waals surface area contributed by atoms with Gasteiger partial charge < -0.3 is 15.1 Å². The number of benzene rings is 1. The molecule has 4 rings (SSSR count). The van der Waals surface area contributed by atoms with Crippen molar-refractivity contribution in [1.29, 1.82) is 0 Å². The summed E-state index contributed by atoms with van der Waals surface area (Å²) in [6.07, 6.45) is 6.63. The van der Waals surface area contributed by atoms with Crippen molar-refractivity contribution in [2.75, 3.05) is 50.7 Å². The monoisotopic (exact) mass is 356 g/mol. The number of amides is 2. The number of para-hydroxylation sites is 1. The van der Waals surface area contributed by atoms with Crippen LogP contribution in [-0.4, -0.2) is 67.7 Å². The number of nitrogens with one attached hydrogen (secondary N) is 1. The van der Waals surface area contributed by atoms with Crippen molar-refractivity contribution < 1.29 is 4.79 Å². The van der Waals surface area contributed by atoms with Gasteiger partial charge in [0.2, 0.25) is 0 Å². The van der Waals surface area contributed by atoms with E-state index >= 15 is 0 Å². The number of anilines is 1. The minimum Gasteiger partial charge on any atom is -0.371 e. The summed E-state index contributed by atoms with van der Waals surface area (Å²) >= 11 is 0. The average molecular weight is 357 g/mol. The van der Waals surface area contributed by atoms with E-state index in [1.807, 2.05) is 4.90 Å². The molecule has 2 amide bonds. The Morgan fingerprint density at radius 1 is 0.962 bits per heavy atom. The van der Waals surface area contributed by atoms with Gasteiger partial charge in [-0.15, -0.1) is 0 Å². The molecule has 2 heterocycles. The number of carbonyl (C=O) groups excluding carboxylic acids is 1. The van der Waals surface area contributed by atoms with E-state index in [1.165, 1.54) is 31.4 Å². The van der Waals surface area contributed by atoms with Crippen LogP contribution in [0.3, 0.4) is 0 Å². The third-order valence-electron chi connectivity index (χ3n) is 6.39. The third-order valence-corrected chi connectivity index (χ3v) is 6.39. The van der Waals surface area contributed by atoms with Crippen LogP contribution in [0.5, 0.6) is 0 Å². The summed E-state index contributed by atoms with van der Waals surface area (Å²) in [6.45, 7) is 6.77. The van der Waals surface area contributed by atoms with Gasteiger partial charge in [0.05, 0.1) is 0 Å². The summed E-state index contributed by atoms with van der Waals surface area (Å²) in [6, 6.07) is 11.5. The molecular weight excluding hydrogens is 324 g/mol. The Morgan fingerprint density at radius 2 is 1.69 bits per heavy atom. The Hall–Kier alpha value is -1.75. The van der Waals surface area contributed by atoms with E-state index in [2.05, 4.69) is 45.4 Å². The Bertz CT molecular complexity index is 579. The lowest BCUT2D eigenvalue weighted by Crippen LogP contribution is -2.54. The molecule has 3 fully saturated rings. The zero-order valence-corrected chi connectivity index (χ0v) is 15.8. The number of nitrogens with zero attached hydrogens (tertiary/aromatic N) is 3. The first-order chi connectivity index (χ1) is 12.8. The van der Waals surface area contributed by atoms with Crippen LogP contribution in [0.1, 0.15) is 32.1 Å². The molecule has 5 heteroatoms. The molecule has 1 atom stereocenters. The number of urea groups is 1. The van der Waals surface area contributed by atoms with E-state index in [-0.39, 0.29) is 6.03 Å². The normalized spacial score (nSPS) is 25.0. The van der Waals surface area contributed by atoms with Crippen molar-refractivity contribution in [1.82, 2.24) is 15.1 Å². The van der Waals surface area contributed by atoms with Crippen molar-refractivity contribution >= 4 is 11.7 Å². The van der Waals surface area contributed by atoms with Gasteiger partial charge in [-0.05, 0) is 37.3 Å². The summed E-state index contributed by atoms with van der Waals surface area (Å²) in [7, 11) is 0. The minimum atomic E-state index is 0.134. The molecule has 26 heavy (non-hydrogen) atoms. The van der Waals surface area contributed by atoms with Gasteiger partial charge in [0.15, 0.2) is 0 Å². The van der Waals surface area contributed by atoms with Crippen LogP contribution in [0.15, 0.2) is 30.3 Å². The quantitative estimate of drug-likeness (QED) is 0.902. The zero-order chi connectivity index (χ0) is 17.8. The van der Waals surface area contributed by atoms with E-state index in [9.17, 15) is 4.79 Å². The molecule has 1 unspecified atom stereocenters. The smallest absolute Gasteiger partial charge is 0.317 e. The summed E-state index contributed by atoms with van der Waals surface area (Å²) in [5.74, 6) is 0.555. The SMILES string of the molecule is O=C(NCC1CCN(c2ccccc2)C1)N1CCN(C2CCCC2)CC1.